The van der Waals surface area contributed by atoms with E-state index >= 15 is 0 Å². The van der Waals surface area contributed by atoms with Crippen LogP contribution in [-0.2, 0) is 11.2 Å². The van der Waals surface area contributed by atoms with Crippen LogP contribution in [0.5, 0.6) is 5.75 Å². The summed E-state index contributed by atoms with van der Waals surface area (Å²) in [5.41, 5.74) is 7.28. The fourth-order valence-corrected chi connectivity index (χ4v) is 3.32. The summed E-state index contributed by atoms with van der Waals surface area (Å²) in [5, 5.41) is 0. The highest BCUT2D eigenvalue weighted by Crippen LogP contribution is 2.43. The number of rotatable bonds is 4. The molecule has 2 atom stereocenters. The molecular weight excluding hydrogens is 250 g/mol. The third kappa shape index (κ3) is 2.99. The molecule has 3 heteroatoms. The summed E-state index contributed by atoms with van der Waals surface area (Å²) in [7, 11) is 0. The first-order valence-electron chi connectivity index (χ1n) is 7.81. The number of hydrogen-bond acceptors (Lipinski definition) is 3. The number of hydrogen-bond donors (Lipinski definition) is 1. The first kappa shape index (κ1) is 13.9. The minimum Gasteiger partial charge on any atom is -0.490 e. The molecule has 1 saturated carbocycles. The molecule has 1 aromatic rings. The van der Waals surface area contributed by atoms with Crippen LogP contribution in [0.2, 0.25) is 0 Å². The van der Waals surface area contributed by atoms with Gasteiger partial charge in [0.25, 0.3) is 0 Å². The van der Waals surface area contributed by atoms with Crippen LogP contribution >= 0.6 is 0 Å². The fraction of sp³-hybridized carbons (Fsp3) is 0.647. The number of ether oxygens (including phenoxy) is 2. The third-order valence-corrected chi connectivity index (χ3v) is 4.52. The normalized spacial score (nSPS) is 26.0. The van der Waals surface area contributed by atoms with Gasteiger partial charge in [-0.15, -0.1) is 0 Å². The Morgan fingerprint density at radius 3 is 2.90 bits per heavy atom. The second kappa shape index (κ2) is 5.74. The zero-order valence-corrected chi connectivity index (χ0v) is 12.3. The van der Waals surface area contributed by atoms with Crippen molar-refractivity contribution < 1.29 is 9.47 Å². The topological polar surface area (TPSA) is 44.5 Å². The van der Waals surface area contributed by atoms with Crippen molar-refractivity contribution in [2.75, 3.05) is 6.61 Å². The second-order valence-corrected chi connectivity index (χ2v) is 6.41. The Balaban J connectivity index is 1.67. The fourth-order valence-electron chi connectivity index (χ4n) is 3.32. The lowest BCUT2D eigenvalue weighted by molar-refractivity contribution is -0.153. The van der Waals surface area contributed by atoms with E-state index in [0.29, 0.717) is 6.10 Å². The zero-order chi connectivity index (χ0) is 14.0. The second-order valence-electron chi connectivity index (χ2n) is 6.41. The van der Waals surface area contributed by atoms with Crippen molar-refractivity contribution in [1.82, 2.24) is 0 Å². The average molecular weight is 275 g/mol. The molecule has 0 radical (unpaired) electrons. The van der Waals surface area contributed by atoms with Crippen molar-refractivity contribution in [3.8, 4) is 5.75 Å². The summed E-state index contributed by atoms with van der Waals surface area (Å²) >= 11 is 0. The molecule has 3 rings (SSSR count). The van der Waals surface area contributed by atoms with Crippen molar-refractivity contribution in [3.63, 3.8) is 0 Å². The van der Waals surface area contributed by atoms with Crippen LogP contribution < -0.4 is 10.5 Å². The molecule has 1 aliphatic heterocycles. The Labute approximate surface area is 121 Å². The van der Waals surface area contributed by atoms with E-state index in [1.807, 2.05) is 13.0 Å². The van der Waals surface area contributed by atoms with Crippen LogP contribution in [0, 0.1) is 0 Å². The average Bonchev–Trinajstić information content (AvgIpc) is 2.39. The molecular formula is C17H25NO2. The molecule has 0 amide bonds. The molecule has 1 aromatic carbocycles. The van der Waals surface area contributed by atoms with Crippen LogP contribution in [0.1, 0.15) is 44.6 Å². The number of benzene rings is 1. The standard InChI is InChI=1S/C17H25NO2/c1-13(18)11-14-5-2-3-6-16(14)20-15-7-10-19-17(12-15)8-4-9-17/h2-3,5-6,13,15H,4,7-12,18H2,1H3. The Bertz CT molecular complexity index is 454. The number of para-hydroxylation sites is 1. The van der Waals surface area contributed by atoms with Gasteiger partial charge in [0.2, 0.25) is 0 Å². The van der Waals surface area contributed by atoms with E-state index < -0.39 is 0 Å². The quantitative estimate of drug-likeness (QED) is 0.918. The van der Waals surface area contributed by atoms with Gasteiger partial charge in [0, 0.05) is 18.9 Å². The SMILES string of the molecule is CC(N)Cc1ccccc1OC1CCOC2(CCC2)C1. The van der Waals surface area contributed by atoms with E-state index in [1.54, 1.807) is 0 Å². The van der Waals surface area contributed by atoms with Gasteiger partial charge in [0.05, 0.1) is 12.2 Å². The minimum absolute atomic E-state index is 0.138. The van der Waals surface area contributed by atoms with Crippen molar-refractivity contribution in [1.29, 1.82) is 0 Å². The maximum atomic E-state index is 6.28. The predicted molar refractivity (Wildman–Crippen MR) is 80.0 cm³/mol. The Morgan fingerprint density at radius 1 is 1.40 bits per heavy atom. The molecule has 1 spiro atoms. The number of nitrogens with two attached hydrogens (primary N) is 1. The highest BCUT2D eigenvalue weighted by Gasteiger charge is 2.43. The monoisotopic (exact) mass is 275 g/mol. The van der Waals surface area contributed by atoms with E-state index in [2.05, 4.69) is 18.2 Å². The highest BCUT2D eigenvalue weighted by molar-refractivity contribution is 5.34. The maximum absolute atomic E-state index is 6.28. The zero-order valence-electron chi connectivity index (χ0n) is 12.3. The molecule has 110 valence electrons. The van der Waals surface area contributed by atoms with Gasteiger partial charge < -0.3 is 15.2 Å². The van der Waals surface area contributed by atoms with E-state index in [4.69, 9.17) is 15.2 Å². The molecule has 3 nitrogen and oxygen atoms in total. The van der Waals surface area contributed by atoms with Crippen LogP contribution in [0.15, 0.2) is 24.3 Å². The van der Waals surface area contributed by atoms with Crippen LogP contribution in [0.3, 0.4) is 0 Å². The maximum Gasteiger partial charge on any atom is 0.122 e. The molecule has 20 heavy (non-hydrogen) atoms. The van der Waals surface area contributed by atoms with Gasteiger partial charge >= 0.3 is 0 Å². The summed E-state index contributed by atoms with van der Waals surface area (Å²) < 4.78 is 12.2. The van der Waals surface area contributed by atoms with Crippen molar-refractivity contribution >= 4 is 0 Å². The lowest BCUT2D eigenvalue weighted by atomic mass is 9.74. The van der Waals surface area contributed by atoms with Crippen molar-refractivity contribution in [3.05, 3.63) is 29.8 Å². The lowest BCUT2D eigenvalue weighted by Gasteiger charge is -2.47. The molecule has 2 fully saturated rings. The van der Waals surface area contributed by atoms with Gasteiger partial charge in [-0.25, -0.2) is 0 Å². The van der Waals surface area contributed by atoms with Gasteiger partial charge in [-0.3, -0.25) is 0 Å². The van der Waals surface area contributed by atoms with Crippen molar-refractivity contribution in [2.24, 2.45) is 5.73 Å². The van der Waals surface area contributed by atoms with Crippen LogP contribution in [0.4, 0.5) is 0 Å². The summed E-state index contributed by atoms with van der Waals surface area (Å²) in [6, 6.07) is 8.45. The molecule has 1 aliphatic carbocycles. The minimum atomic E-state index is 0.138. The van der Waals surface area contributed by atoms with Gasteiger partial charge in [0.1, 0.15) is 11.9 Å². The van der Waals surface area contributed by atoms with Gasteiger partial charge in [0.15, 0.2) is 0 Å². The first-order valence-corrected chi connectivity index (χ1v) is 7.81. The Morgan fingerprint density at radius 2 is 2.20 bits per heavy atom. The predicted octanol–water partition coefficient (Wildman–Crippen LogP) is 3.06. The summed E-state index contributed by atoms with van der Waals surface area (Å²) in [6.45, 7) is 2.87. The third-order valence-electron chi connectivity index (χ3n) is 4.52. The smallest absolute Gasteiger partial charge is 0.122 e. The van der Waals surface area contributed by atoms with Gasteiger partial charge in [-0.2, -0.15) is 0 Å². The van der Waals surface area contributed by atoms with Crippen molar-refractivity contribution in [2.45, 2.75) is 63.2 Å². The van der Waals surface area contributed by atoms with E-state index in [-0.39, 0.29) is 11.6 Å². The molecule has 2 N–H and O–H groups in total. The molecule has 1 heterocycles. The highest BCUT2D eigenvalue weighted by atomic mass is 16.5. The largest absolute Gasteiger partial charge is 0.490 e. The lowest BCUT2D eigenvalue weighted by Crippen LogP contribution is -2.48. The van der Waals surface area contributed by atoms with Gasteiger partial charge in [-0.05, 0) is 44.2 Å². The molecule has 0 aromatic heterocycles. The Kier molecular flexibility index (Phi) is 3.99. The van der Waals surface area contributed by atoms with E-state index in [9.17, 15) is 0 Å². The molecule has 2 unspecified atom stereocenters. The van der Waals surface area contributed by atoms with Crippen LogP contribution in [0.25, 0.3) is 0 Å². The Hall–Kier alpha value is -1.06. The molecule has 0 bridgehead atoms. The summed E-state index contributed by atoms with van der Waals surface area (Å²) in [5.74, 6) is 1.01. The van der Waals surface area contributed by atoms with Gasteiger partial charge in [-0.1, -0.05) is 18.2 Å². The molecule has 1 saturated heterocycles. The summed E-state index contributed by atoms with van der Waals surface area (Å²) in [6.07, 6.45) is 6.90. The first-order chi connectivity index (χ1) is 9.67. The molecule has 2 aliphatic rings. The van der Waals surface area contributed by atoms with Crippen LogP contribution in [-0.4, -0.2) is 24.4 Å². The summed E-state index contributed by atoms with van der Waals surface area (Å²) in [4.78, 5) is 0. The van der Waals surface area contributed by atoms with E-state index in [1.165, 1.54) is 24.8 Å². The van der Waals surface area contributed by atoms with E-state index in [0.717, 1.165) is 31.6 Å².